The number of likely N-dealkylation sites (tertiary alicyclic amines) is 1. The second kappa shape index (κ2) is 5.84. The molecule has 1 fully saturated rings. The van der Waals surface area contributed by atoms with Crippen LogP contribution in [0.25, 0.3) is 10.9 Å². The van der Waals surface area contributed by atoms with Gasteiger partial charge in [0.2, 0.25) is 0 Å². The van der Waals surface area contributed by atoms with Crippen LogP contribution in [-0.2, 0) is 12.0 Å². The van der Waals surface area contributed by atoms with Gasteiger partial charge >= 0.3 is 0 Å². The van der Waals surface area contributed by atoms with Crippen molar-refractivity contribution in [1.29, 1.82) is 0 Å². The summed E-state index contributed by atoms with van der Waals surface area (Å²) >= 11 is 0. The van der Waals surface area contributed by atoms with E-state index < -0.39 is 0 Å². The van der Waals surface area contributed by atoms with Crippen LogP contribution in [0.5, 0.6) is 0 Å². The molecule has 3 rings (SSSR count). The summed E-state index contributed by atoms with van der Waals surface area (Å²) in [4.78, 5) is 2.61. The van der Waals surface area contributed by atoms with E-state index in [1.54, 1.807) is 0 Å². The first-order chi connectivity index (χ1) is 10.1. The molecule has 1 saturated heterocycles. The molecule has 1 aromatic carbocycles. The fourth-order valence-corrected chi connectivity index (χ4v) is 3.50. The normalized spacial score (nSPS) is 17.5. The lowest BCUT2D eigenvalue weighted by Crippen LogP contribution is -2.32. The third-order valence-corrected chi connectivity index (χ3v) is 4.73. The molecule has 2 heteroatoms. The van der Waals surface area contributed by atoms with Gasteiger partial charge in [0.1, 0.15) is 0 Å². The topological polar surface area (TPSA) is 8.17 Å². The Labute approximate surface area is 128 Å². The molecule has 0 bridgehead atoms. The van der Waals surface area contributed by atoms with Gasteiger partial charge in [0, 0.05) is 30.2 Å². The maximum Gasteiger partial charge on any atom is 0.0483 e. The van der Waals surface area contributed by atoms with Gasteiger partial charge < -0.3 is 9.47 Å². The summed E-state index contributed by atoms with van der Waals surface area (Å²) in [6.07, 6.45) is 6.43. The monoisotopic (exact) mass is 284 g/mol. The predicted molar refractivity (Wildman–Crippen MR) is 90.9 cm³/mol. The van der Waals surface area contributed by atoms with Gasteiger partial charge in [-0.25, -0.2) is 0 Å². The van der Waals surface area contributed by atoms with Gasteiger partial charge in [-0.1, -0.05) is 39.3 Å². The molecule has 0 atom stereocenters. The lowest BCUT2D eigenvalue weighted by molar-refractivity contribution is 0.221. The Balaban J connectivity index is 1.80. The number of hydrogen-bond donors (Lipinski definition) is 0. The molecule has 21 heavy (non-hydrogen) atoms. The smallest absolute Gasteiger partial charge is 0.0483 e. The summed E-state index contributed by atoms with van der Waals surface area (Å²) < 4.78 is 2.43. The van der Waals surface area contributed by atoms with Crippen LogP contribution in [0.15, 0.2) is 30.5 Å². The van der Waals surface area contributed by atoms with E-state index in [9.17, 15) is 0 Å². The molecule has 1 aromatic heterocycles. The van der Waals surface area contributed by atoms with Crippen LogP contribution in [0.4, 0.5) is 0 Å². The largest absolute Gasteiger partial charge is 0.346 e. The Bertz CT molecular complexity index is 598. The molecule has 114 valence electrons. The summed E-state index contributed by atoms with van der Waals surface area (Å²) in [5.41, 5.74) is 3.05. The minimum Gasteiger partial charge on any atom is -0.346 e. The van der Waals surface area contributed by atoms with Crippen LogP contribution < -0.4 is 0 Å². The molecule has 2 aromatic rings. The van der Waals surface area contributed by atoms with Crippen molar-refractivity contribution in [2.24, 2.45) is 0 Å². The fourth-order valence-electron chi connectivity index (χ4n) is 3.50. The highest BCUT2D eigenvalue weighted by molar-refractivity contribution is 5.84. The van der Waals surface area contributed by atoms with E-state index in [1.807, 2.05) is 0 Å². The molecule has 2 heterocycles. The maximum atomic E-state index is 2.61. The second-order valence-electron chi connectivity index (χ2n) is 7.40. The van der Waals surface area contributed by atoms with Crippen LogP contribution in [0.3, 0.4) is 0 Å². The van der Waals surface area contributed by atoms with E-state index >= 15 is 0 Å². The Morgan fingerprint density at radius 1 is 0.952 bits per heavy atom. The molecular weight excluding hydrogens is 256 g/mol. The third kappa shape index (κ3) is 3.16. The zero-order valence-corrected chi connectivity index (χ0v) is 13.7. The van der Waals surface area contributed by atoms with Gasteiger partial charge in [0.05, 0.1) is 0 Å². The van der Waals surface area contributed by atoms with Crippen LogP contribution in [-0.4, -0.2) is 29.1 Å². The van der Waals surface area contributed by atoms with E-state index in [0.29, 0.717) is 0 Å². The van der Waals surface area contributed by atoms with Crippen molar-refractivity contribution in [3.8, 4) is 0 Å². The minimum absolute atomic E-state index is 0.207. The lowest BCUT2D eigenvalue weighted by atomic mass is 9.85. The van der Waals surface area contributed by atoms with Gasteiger partial charge in [0.15, 0.2) is 0 Å². The van der Waals surface area contributed by atoms with E-state index in [1.165, 1.54) is 55.4 Å². The average Bonchev–Trinajstić information content (AvgIpc) is 2.88. The molecule has 2 nitrogen and oxygen atoms in total. The SMILES string of the molecule is CC(C)(C)c1cccc2c1ccn2CCN1CCCCC1. The van der Waals surface area contributed by atoms with Crippen LogP contribution >= 0.6 is 0 Å². The summed E-state index contributed by atoms with van der Waals surface area (Å²) in [7, 11) is 0. The van der Waals surface area contributed by atoms with Crippen LogP contribution in [0.2, 0.25) is 0 Å². The minimum atomic E-state index is 0.207. The number of benzene rings is 1. The molecule has 0 unspecified atom stereocenters. The van der Waals surface area contributed by atoms with Gasteiger partial charge in [-0.3, -0.25) is 0 Å². The number of fused-ring (bicyclic) bond motifs is 1. The first-order valence-corrected chi connectivity index (χ1v) is 8.36. The Kier molecular flexibility index (Phi) is 4.08. The van der Waals surface area contributed by atoms with Crippen LogP contribution in [0, 0.1) is 0 Å². The van der Waals surface area contributed by atoms with Crippen LogP contribution in [0.1, 0.15) is 45.6 Å². The number of aromatic nitrogens is 1. The molecule has 0 amide bonds. The fraction of sp³-hybridized carbons (Fsp3) is 0.579. The Hall–Kier alpha value is -1.28. The van der Waals surface area contributed by atoms with Crippen molar-refractivity contribution in [2.75, 3.05) is 19.6 Å². The molecule has 0 spiro atoms. The Morgan fingerprint density at radius 3 is 2.43 bits per heavy atom. The molecule has 0 radical (unpaired) electrons. The first kappa shape index (κ1) is 14.6. The summed E-state index contributed by atoms with van der Waals surface area (Å²) in [6.45, 7) is 11.8. The van der Waals surface area contributed by atoms with E-state index in [0.717, 1.165) is 6.54 Å². The van der Waals surface area contributed by atoms with E-state index in [-0.39, 0.29) is 5.41 Å². The summed E-state index contributed by atoms with van der Waals surface area (Å²) in [5.74, 6) is 0. The molecule has 1 aliphatic heterocycles. The van der Waals surface area contributed by atoms with E-state index in [2.05, 4.69) is 60.7 Å². The number of hydrogen-bond acceptors (Lipinski definition) is 1. The van der Waals surface area contributed by atoms with Crippen molar-refractivity contribution in [1.82, 2.24) is 9.47 Å². The van der Waals surface area contributed by atoms with Gasteiger partial charge in [-0.2, -0.15) is 0 Å². The Morgan fingerprint density at radius 2 is 1.71 bits per heavy atom. The standard InChI is InChI=1S/C19H28N2/c1-19(2,3)17-8-7-9-18-16(17)10-13-21(18)15-14-20-11-5-4-6-12-20/h7-10,13H,4-6,11-12,14-15H2,1-3H3. The average molecular weight is 284 g/mol. The number of rotatable bonds is 3. The first-order valence-electron chi connectivity index (χ1n) is 8.36. The van der Waals surface area contributed by atoms with Crippen molar-refractivity contribution < 1.29 is 0 Å². The van der Waals surface area contributed by atoms with Crippen molar-refractivity contribution in [3.05, 3.63) is 36.0 Å². The van der Waals surface area contributed by atoms with Crippen molar-refractivity contribution in [3.63, 3.8) is 0 Å². The second-order valence-corrected chi connectivity index (χ2v) is 7.40. The lowest BCUT2D eigenvalue weighted by Gasteiger charge is -2.26. The quantitative estimate of drug-likeness (QED) is 0.809. The predicted octanol–water partition coefficient (Wildman–Crippen LogP) is 4.42. The third-order valence-electron chi connectivity index (χ3n) is 4.73. The van der Waals surface area contributed by atoms with Gasteiger partial charge in [-0.05, 0) is 49.0 Å². The van der Waals surface area contributed by atoms with Crippen molar-refractivity contribution in [2.45, 2.75) is 52.0 Å². The van der Waals surface area contributed by atoms with E-state index in [4.69, 9.17) is 0 Å². The molecule has 0 N–H and O–H groups in total. The molecule has 0 saturated carbocycles. The van der Waals surface area contributed by atoms with Gasteiger partial charge in [0.25, 0.3) is 0 Å². The zero-order valence-electron chi connectivity index (χ0n) is 13.7. The summed E-state index contributed by atoms with van der Waals surface area (Å²) in [6, 6.07) is 9.05. The maximum absolute atomic E-state index is 2.61. The number of piperidine rings is 1. The highest BCUT2D eigenvalue weighted by Gasteiger charge is 2.18. The highest BCUT2D eigenvalue weighted by atomic mass is 15.1. The highest BCUT2D eigenvalue weighted by Crippen LogP contribution is 2.30. The van der Waals surface area contributed by atoms with Gasteiger partial charge in [-0.15, -0.1) is 0 Å². The van der Waals surface area contributed by atoms with Crippen molar-refractivity contribution >= 4 is 10.9 Å². The summed E-state index contributed by atoms with van der Waals surface area (Å²) in [5, 5.41) is 1.42. The zero-order chi connectivity index (χ0) is 14.9. The molecular formula is C19H28N2. The molecule has 1 aliphatic rings. The molecule has 0 aliphatic carbocycles. The number of nitrogens with zero attached hydrogens (tertiary/aromatic N) is 2.